The van der Waals surface area contributed by atoms with Gasteiger partial charge >= 0.3 is 0 Å². The zero-order valence-electron chi connectivity index (χ0n) is 14.7. The van der Waals surface area contributed by atoms with Crippen LogP contribution in [0.2, 0.25) is 0 Å². The molecule has 1 aliphatic rings. The summed E-state index contributed by atoms with van der Waals surface area (Å²) in [4.78, 5) is 16.4. The van der Waals surface area contributed by atoms with Gasteiger partial charge in [0.1, 0.15) is 5.75 Å². The Hall–Kier alpha value is -3.48. The molecule has 0 unspecified atom stereocenters. The van der Waals surface area contributed by atoms with Crippen molar-refractivity contribution in [3.05, 3.63) is 54.6 Å². The van der Waals surface area contributed by atoms with E-state index < -0.39 is 0 Å². The van der Waals surface area contributed by atoms with E-state index in [0.717, 1.165) is 11.3 Å². The average molecular weight is 366 g/mol. The molecule has 0 fully saturated rings. The summed E-state index contributed by atoms with van der Waals surface area (Å²) in [6.45, 7) is 0.201. The Kier molecular flexibility index (Phi) is 4.65. The first-order chi connectivity index (χ1) is 13.2. The van der Waals surface area contributed by atoms with E-state index >= 15 is 0 Å². The SMILES string of the molecule is COc1cccc(-c2cnc(CCC(=O)Nc3ccc4c(c3)OCO4)o2)c1. The molecule has 1 aliphatic heterocycles. The lowest BCUT2D eigenvalue weighted by atomic mass is 10.2. The van der Waals surface area contributed by atoms with Gasteiger partial charge in [-0.3, -0.25) is 4.79 Å². The molecule has 3 aromatic rings. The average Bonchev–Trinajstić information content (AvgIpc) is 3.35. The summed E-state index contributed by atoms with van der Waals surface area (Å²) in [6, 6.07) is 12.8. The van der Waals surface area contributed by atoms with Gasteiger partial charge in [-0.05, 0) is 24.3 Å². The molecule has 0 spiro atoms. The minimum Gasteiger partial charge on any atom is -0.497 e. The van der Waals surface area contributed by atoms with Gasteiger partial charge in [0.05, 0.1) is 13.3 Å². The number of rotatable bonds is 6. The molecular weight excluding hydrogens is 348 g/mol. The fraction of sp³-hybridized carbons (Fsp3) is 0.200. The topological polar surface area (TPSA) is 82.8 Å². The van der Waals surface area contributed by atoms with Crippen LogP contribution < -0.4 is 19.5 Å². The number of anilines is 1. The number of carbonyl (C=O) groups excluding carboxylic acids is 1. The van der Waals surface area contributed by atoms with Crippen LogP contribution in [0.1, 0.15) is 12.3 Å². The quantitative estimate of drug-likeness (QED) is 0.717. The molecule has 0 radical (unpaired) electrons. The summed E-state index contributed by atoms with van der Waals surface area (Å²) in [5.41, 5.74) is 1.53. The van der Waals surface area contributed by atoms with Gasteiger partial charge < -0.3 is 23.9 Å². The number of hydrogen-bond acceptors (Lipinski definition) is 6. The van der Waals surface area contributed by atoms with Gasteiger partial charge in [-0.15, -0.1) is 0 Å². The highest BCUT2D eigenvalue weighted by Crippen LogP contribution is 2.34. The van der Waals surface area contributed by atoms with Crippen molar-refractivity contribution in [1.29, 1.82) is 0 Å². The summed E-state index contributed by atoms with van der Waals surface area (Å²) < 4.78 is 21.5. The summed E-state index contributed by atoms with van der Waals surface area (Å²) in [5, 5.41) is 2.83. The van der Waals surface area contributed by atoms with E-state index in [-0.39, 0.29) is 19.1 Å². The molecule has 1 N–H and O–H groups in total. The van der Waals surface area contributed by atoms with E-state index in [9.17, 15) is 4.79 Å². The number of ether oxygens (including phenoxy) is 3. The van der Waals surface area contributed by atoms with Crippen molar-refractivity contribution in [3.63, 3.8) is 0 Å². The number of nitrogens with one attached hydrogen (secondary N) is 1. The zero-order chi connectivity index (χ0) is 18.6. The van der Waals surface area contributed by atoms with Crippen LogP contribution in [-0.4, -0.2) is 24.8 Å². The van der Waals surface area contributed by atoms with Crippen LogP contribution in [0.25, 0.3) is 11.3 Å². The normalized spacial score (nSPS) is 12.0. The number of hydrogen-bond donors (Lipinski definition) is 1. The molecule has 2 aromatic carbocycles. The lowest BCUT2D eigenvalue weighted by Gasteiger charge is -2.05. The zero-order valence-corrected chi connectivity index (χ0v) is 14.7. The minimum absolute atomic E-state index is 0.130. The Morgan fingerprint density at radius 3 is 2.96 bits per heavy atom. The largest absolute Gasteiger partial charge is 0.497 e. The summed E-state index contributed by atoms with van der Waals surface area (Å²) in [6.07, 6.45) is 2.31. The first-order valence-electron chi connectivity index (χ1n) is 8.50. The van der Waals surface area contributed by atoms with E-state index in [1.807, 2.05) is 24.3 Å². The second-order valence-electron chi connectivity index (χ2n) is 5.97. The van der Waals surface area contributed by atoms with Crippen LogP contribution in [0.5, 0.6) is 17.2 Å². The molecular formula is C20H18N2O5. The van der Waals surface area contributed by atoms with Crippen LogP contribution in [0.4, 0.5) is 5.69 Å². The smallest absolute Gasteiger partial charge is 0.231 e. The molecule has 7 nitrogen and oxygen atoms in total. The van der Waals surface area contributed by atoms with Gasteiger partial charge in [0.2, 0.25) is 12.7 Å². The lowest BCUT2D eigenvalue weighted by molar-refractivity contribution is -0.116. The number of nitrogens with zero attached hydrogens (tertiary/aromatic N) is 1. The molecule has 0 bridgehead atoms. The number of amides is 1. The number of aryl methyl sites for hydroxylation is 1. The molecule has 1 aromatic heterocycles. The predicted octanol–water partition coefficient (Wildman–Crippen LogP) is 3.65. The Morgan fingerprint density at radius 1 is 1.19 bits per heavy atom. The molecule has 4 rings (SSSR count). The van der Waals surface area contributed by atoms with Gasteiger partial charge in [0, 0.05) is 30.2 Å². The highest BCUT2D eigenvalue weighted by molar-refractivity contribution is 5.91. The molecule has 1 amide bonds. The second-order valence-corrected chi connectivity index (χ2v) is 5.97. The van der Waals surface area contributed by atoms with Crippen LogP contribution in [0.15, 0.2) is 53.1 Å². The maximum atomic E-state index is 12.2. The van der Waals surface area contributed by atoms with Gasteiger partial charge in [-0.2, -0.15) is 0 Å². The Balaban J connectivity index is 1.35. The maximum Gasteiger partial charge on any atom is 0.231 e. The number of aromatic nitrogens is 1. The Morgan fingerprint density at radius 2 is 2.07 bits per heavy atom. The molecule has 2 heterocycles. The van der Waals surface area contributed by atoms with E-state index in [0.29, 0.717) is 35.3 Å². The first kappa shape index (κ1) is 17.0. The Bertz CT molecular complexity index is 967. The number of fused-ring (bicyclic) bond motifs is 1. The number of carbonyl (C=O) groups is 1. The van der Waals surface area contributed by atoms with Gasteiger partial charge in [-0.1, -0.05) is 12.1 Å². The van der Waals surface area contributed by atoms with E-state index in [1.54, 1.807) is 31.5 Å². The number of benzene rings is 2. The predicted molar refractivity (Wildman–Crippen MR) is 98.0 cm³/mol. The third-order valence-corrected chi connectivity index (χ3v) is 4.13. The van der Waals surface area contributed by atoms with Gasteiger partial charge in [0.25, 0.3) is 0 Å². The highest BCUT2D eigenvalue weighted by Gasteiger charge is 2.15. The van der Waals surface area contributed by atoms with Crippen LogP contribution in [0.3, 0.4) is 0 Å². The van der Waals surface area contributed by atoms with Crippen LogP contribution in [0, 0.1) is 0 Å². The molecule has 0 atom stereocenters. The second kappa shape index (κ2) is 7.41. The molecule has 138 valence electrons. The van der Waals surface area contributed by atoms with Crippen LogP contribution in [-0.2, 0) is 11.2 Å². The lowest BCUT2D eigenvalue weighted by Crippen LogP contribution is -2.12. The first-order valence-corrected chi connectivity index (χ1v) is 8.50. The molecule has 0 aliphatic carbocycles. The standard InChI is InChI=1S/C20H18N2O5/c1-24-15-4-2-3-13(9-15)18-11-21-20(27-18)8-7-19(23)22-14-5-6-16-17(10-14)26-12-25-16/h2-6,9-11H,7-8,12H2,1H3,(H,22,23). The Labute approximate surface area is 155 Å². The van der Waals surface area contributed by atoms with Gasteiger partial charge in [-0.25, -0.2) is 4.98 Å². The maximum absolute atomic E-state index is 12.2. The number of methoxy groups -OCH3 is 1. The van der Waals surface area contributed by atoms with Crippen molar-refractivity contribution >= 4 is 11.6 Å². The highest BCUT2D eigenvalue weighted by atomic mass is 16.7. The molecule has 0 saturated carbocycles. The molecule has 27 heavy (non-hydrogen) atoms. The van der Waals surface area contributed by atoms with Gasteiger partial charge in [0.15, 0.2) is 23.1 Å². The van der Waals surface area contributed by atoms with Crippen molar-refractivity contribution in [2.24, 2.45) is 0 Å². The van der Waals surface area contributed by atoms with E-state index in [2.05, 4.69) is 10.3 Å². The van der Waals surface area contributed by atoms with Crippen molar-refractivity contribution in [2.45, 2.75) is 12.8 Å². The summed E-state index contributed by atoms with van der Waals surface area (Å²) in [5.74, 6) is 3.07. The van der Waals surface area contributed by atoms with Crippen molar-refractivity contribution in [1.82, 2.24) is 4.98 Å². The summed E-state index contributed by atoms with van der Waals surface area (Å²) in [7, 11) is 1.61. The van der Waals surface area contributed by atoms with Crippen molar-refractivity contribution < 1.29 is 23.4 Å². The molecule has 0 saturated heterocycles. The van der Waals surface area contributed by atoms with Crippen molar-refractivity contribution in [2.75, 3.05) is 19.2 Å². The van der Waals surface area contributed by atoms with Crippen molar-refractivity contribution in [3.8, 4) is 28.6 Å². The summed E-state index contributed by atoms with van der Waals surface area (Å²) >= 11 is 0. The third-order valence-electron chi connectivity index (χ3n) is 4.13. The fourth-order valence-electron chi connectivity index (χ4n) is 2.75. The monoisotopic (exact) mass is 366 g/mol. The minimum atomic E-state index is -0.130. The van der Waals surface area contributed by atoms with E-state index in [1.165, 1.54) is 0 Å². The third kappa shape index (κ3) is 3.87. The van der Waals surface area contributed by atoms with Crippen LogP contribution >= 0.6 is 0 Å². The number of oxazole rings is 1. The fourth-order valence-corrected chi connectivity index (χ4v) is 2.75. The molecule has 7 heteroatoms. The van der Waals surface area contributed by atoms with E-state index in [4.69, 9.17) is 18.6 Å².